The first-order valence-electron chi connectivity index (χ1n) is 4.72. The third-order valence-electron chi connectivity index (χ3n) is 2.14. The zero-order valence-electron chi connectivity index (χ0n) is 8.61. The third-order valence-corrected chi connectivity index (χ3v) is 2.14. The van der Waals surface area contributed by atoms with Gasteiger partial charge in [0.15, 0.2) is 5.78 Å². The summed E-state index contributed by atoms with van der Waals surface area (Å²) >= 11 is 0. The van der Waals surface area contributed by atoms with Gasteiger partial charge in [0.1, 0.15) is 6.33 Å². The predicted octanol–water partition coefficient (Wildman–Crippen LogP) is 1.62. The van der Waals surface area contributed by atoms with Crippen molar-refractivity contribution in [3.05, 3.63) is 64.2 Å². The van der Waals surface area contributed by atoms with E-state index in [0.29, 0.717) is 5.56 Å². The lowest BCUT2D eigenvalue weighted by Crippen LogP contribution is -2.03. The van der Waals surface area contributed by atoms with E-state index in [2.05, 4.69) is 9.97 Å². The molecule has 0 N–H and O–H groups in total. The van der Waals surface area contributed by atoms with Gasteiger partial charge in [-0.25, -0.2) is 9.97 Å². The zero-order chi connectivity index (χ0) is 12.3. The van der Waals surface area contributed by atoms with E-state index >= 15 is 0 Å². The summed E-state index contributed by atoms with van der Waals surface area (Å²) in [6.07, 6.45) is 4.05. The van der Waals surface area contributed by atoms with Crippen LogP contribution in [0.4, 0.5) is 5.69 Å². The fourth-order valence-corrected chi connectivity index (χ4v) is 1.34. The molecule has 2 aromatic rings. The van der Waals surface area contributed by atoms with Gasteiger partial charge in [0.2, 0.25) is 0 Å². The summed E-state index contributed by atoms with van der Waals surface area (Å²) in [7, 11) is 0. The van der Waals surface area contributed by atoms with E-state index in [1.54, 1.807) is 0 Å². The molecule has 2 rings (SSSR count). The Labute approximate surface area is 96.1 Å². The van der Waals surface area contributed by atoms with E-state index in [-0.39, 0.29) is 17.0 Å². The number of carbonyl (C=O) groups excluding carboxylic acids is 1. The number of hydrogen-bond donors (Lipinski definition) is 0. The van der Waals surface area contributed by atoms with Gasteiger partial charge in [-0.3, -0.25) is 14.9 Å². The van der Waals surface area contributed by atoms with Crippen LogP contribution in [0.1, 0.15) is 15.9 Å². The highest BCUT2D eigenvalue weighted by molar-refractivity contribution is 6.08. The quantitative estimate of drug-likeness (QED) is 0.453. The summed E-state index contributed by atoms with van der Waals surface area (Å²) in [4.78, 5) is 29.4. The maximum atomic E-state index is 11.9. The smallest absolute Gasteiger partial charge is 0.270 e. The van der Waals surface area contributed by atoms with Crippen LogP contribution in [0, 0.1) is 10.1 Å². The lowest BCUT2D eigenvalue weighted by atomic mass is 10.1. The minimum Gasteiger partial charge on any atom is -0.288 e. The topological polar surface area (TPSA) is 86.0 Å². The summed E-state index contributed by atoms with van der Waals surface area (Å²) in [5.74, 6) is -0.339. The number of benzene rings is 1. The molecular formula is C11H7N3O3. The molecule has 0 aliphatic rings. The maximum Gasteiger partial charge on any atom is 0.270 e. The fourth-order valence-electron chi connectivity index (χ4n) is 1.34. The second kappa shape index (κ2) is 4.48. The van der Waals surface area contributed by atoms with E-state index in [4.69, 9.17) is 0 Å². The van der Waals surface area contributed by atoms with Crippen molar-refractivity contribution < 1.29 is 9.72 Å². The number of ketones is 1. The summed E-state index contributed by atoms with van der Waals surface area (Å²) in [5.41, 5.74) is 0.426. The van der Waals surface area contributed by atoms with E-state index in [0.717, 1.165) is 0 Å². The largest absolute Gasteiger partial charge is 0.288 e. The van der Waals surface area contributed by atoms with Crippen molar-refractivity contribution in [2.24, 2.45) is 0 Å². The number of aromatic nitrogens is 2. The van der Waals surface area contributed by atoms with Crippen LogP contribution in [0.25, 0.3) is 0 Å². The second-order valence-electron chi connectivity index (χ2n) is 3.26. The Morgan fingerprint density at radius 3 is 2.53 bits per heavy atom. The van der Waals surface area contributed by atoms with Crippen molar-refractivity contribution in [1.82, 2.24) is 9.97 Å². The molecule has 17 heavy (non-hydrogen) atoms. The number of nitro groups is 1. The highest BCUT2D eigenvalue weighted by Crippen LogP contribution is 2.15. The predicted molar refractivity (Wildman–Crippen MR) is 58.6 cm³/mol. The van der Waals surface area contributed by atoms with E-state index < -0.39 is 4.92 Å². The van der Waals surface area contributed by atoms with Crippen molar-refractivity contribution in [3.63, 3.8) is 0 Å². The maximum absolute atomic E-state index is 11.9. The molecule has 0 saturated heterocycles. The van der Waals surface area contributed by atoms with E-state index in [1.807, 2.05) is 0 Å². The van der Waals surface area contributed by atoms with Gasteiger partial charge < -0.3 is 0 Å². The first-order chi connectivity index (χ1) is 8.18. The van der Waals surface area contributed by atoms with Gasteiger partial charge in [-0.1, -0.05) is 12.1 Å². The Hall–Kier alpha value is -2.63. The zero-order valence-corrected chi connectivity index (χ0v) is 8.61. The normalized spacial score (nSPS) is 9.88. The first kappa shape index (κ1) is 10.9. The van der Waals surface area contributed by atoms with Crippen LogP contribution in [-0.2, 0) is 0 Å². The summed E-state index contributed by atoms with van der Waals surface area (Å²) in [6.45, 7) is 0. The van der Waals surface area contributed by atoms with Crippen molar-refractivity contribution in [2.75, 3.05) is 0 Å². The summed E-state index contributed by atoms with van der Waals surface area (Å²) < 4.78 is 0. The highest BCUT2D eigenvalue weighted by Gasteiger charge is 2.13. The van der Waals surface area contributed by atoms with Gasteiger partial charge in [0.25, 0.3) is 5.69 Å². The van der Waals surface area contributed by atoms with Gasteiger partial charge in [0, 0.05) is 30.1 Å². The number of non-ortho nitro benzene ring substituents is 1. The number of nitro benzene ring substituents is 1. The van der Waals surface area contributed by atoms with Crippen molar-refractivity contribution in [3.8, 4) is 0 Å². The molecule has 1 aromatic heterocycles. The summed E-state index contributed by atoms with van der Waals surface area (Å²) in [5, 5.41) is 10.6. The van der Waals surface area contributed by atoms with Crippen LogP contribution in [0.5, 0.6) is 0 Å². The molecular weight excluding hydrogens is 222 g/mol. The molecule has 0 fully saturated rings. The Morgan fingerprint density at radius 2 is 1.88 bits per heavy atom. The van der Waals surface area contributed by atoms with Crippen molar-refractivity contribution >= 4 is 11.5 Å². The molecule has 6 nitrogen and oxygen atoms in total. The van der Waals surface area contributed by atoms with Crippen LogP contribution in [-0.4, -0.2) is 20.7 Å². The van der Waals surface area contributed by atoms with Crippen molar-refractivity contribution in [2.45, 2.75) is 0 Å². The standard InChI is InChI=1S/C11H7N3O3/c15-11(9-5-12-7-13-6-9)8-2-1-3-10(4-8)14(16)17/h1-7H. The molecule has 0 amide bonds. The molecule has 0 aliphatic carbocycles. The molecule has 1 heterocycles. The molecule has 0 aliphatic heterocycles. The van der Waals surface area contributed by atoms with Crippen molar-refractivity contribution in [1.29, 1.82) is 0 Å². The molecule has 84 valence electrons. The average molecular weight is 229 g/mol. The Kier molecular flexibility index (Phi) is 2.87. The Bertz CT molecular complexity index is 569. The SMILES string of the molecule is O=C(c1cncnc1)c1cccc([N+](=O)[O-])c1. The van der Waals surface area contributed by atoms with Gasteiger partial charge in [-0.2, -0.15) is 0 Å². The van der Waals surface area contributed by atoms with Crippen LogP contribution >= 0.6 is 0 Å². The first-order valence-corrected chi connectivity index (χ1v) is 4.72. The Balaban J connectivity index is 2.38. The molecule has 0 radical (unpaired) electrons. The van der Waals surface area contributed by atoms with E-state index in [9.17, 15) is 14.9 Å². The molecule has 0 unspecified atom stereocenters. The fraction of sp³-hybridized carbons (Fsp3) is 0. The molecule has 1 aromatic carbocycles. The van der Waals surface area contributed by atoms with E-state index in [1.165, 1.54) is 43.0 Å². The monoisotopic (exact) mass is 229 g/mol. The highest BCUT2D eigenvalue weighted by atomic mass is 16.6. The van der Waals surface area contributed by atoms with Crippen LogP contribution in [0.15, 0.2) is 43.0 Å². The van der Waals surface area contributed by atoms with Gasteiger partial charge in [0.05, 0.1) is 10.5 Å². The molecule has 0 bridgehead atoms. The molecule has 6 heteroatoms. The van der Waals surface area contributed by atoms with Gasteiger partial charge >= 0.3 is 0 Å². The molecule has 0 spiro atoms. The number of rotatable bonds is 3. The minimum atomic E-state index is -0.543. The molecule has 0 atom stereocenters. The second-order valence-corrected chi connectivity index (χ2v) is 3.26. The Morgan fingerprint density at radius 1 is 1.18 bits per heavy atom. The van der Waals surface area contributed by atoms with Crippen LogP contribution in [0.2, 0.25) is 0 Å². The third kappa shape index (κ3) is 2.31. The van der Waals surface area contributed by atoms with Gasteiger partial charge in [-0.15, -0.1) is 0 Å². The minimum absolute atomic E-state index is 0.118. The lowest BCUT2D eigenvalue weighted by Gasteiger charge is -1.99. The average Bonchev–Trinajstić information content (AvgIpc) is 2.39. The molecule has 0 saturated carbocycles. The number of nitrogens with zero attached hydrogens (tertiary/aromatic N) is 3. The van der Waals surface area contributed by atoms with Gasteiger partial charge in [-0.05, 0) is 0 Å². The number of hydrogen-bond acceptors (Lipinski definition) is 5. The van der Waals surface area contributed by atoms with Crippen LogP contribution in [0.3, 0.4) is 0 Å². The van der Waals surface area contributed by atoms with Crippen LogP contribution < -0.4 is 0 Å². The number of carbonyl (C=O) groups is 1. The summed E-state index contributed by atoms with van der Waals surface area (Å²) in [6, 6.07) is 5.55. The lowest BCUT2D eigenvalue weighted by molar-refractivity contribution is -0.384.